The van der Waals surface area contributed by atoms with Crippen LogP contribution in [-0.4, -0.2) is 23.2 Å². The highest BCUT2D eigenvalue weighted by Gasteiger charge is 2.21. The molecule has 0 bridgehead atoms. The molecule has 0 fully saturated rings. The fraction of sp³-hybridized carbons (Fsp3) is 0.222. The zero-order valence-electron chi connectivity index (χ0n) is 15.0. The topological polar surface area (TPSA) is 64.8 Å². The molecule has 0 saturated heterocycles. The van der Waals surface area contributed by atoms with E-state index in [0.717, 1.165) is 5.56 Å². The Morgan fingerprint density at radius 1 is 1.00 bits per heavy atom. The lowest BCUT2D eigenvalue weighted by Crippen LogP contribution is -2.09. The van der Waals surface area contributed by atoms with Crippen LogP contribution >= 0.6 is 46.6 Å². The summed E-state index contributed by atoms with van der Waals surface area (Å²) in [5, 5.41) is 10.0. The van der Waals surface area contributed by atoms with Crippen LogP contribution in [0.25, 0.3) is 0 Å². The van der Waals surface area contributed by atoms with E-state index in [-0.39, 0.29) is 10.6 Å². The first kappa shape index (κ1) is 21.5. The molecule has 3 rings (SSSR count). The summed E-state index contributed by atoms with van der Waals surface area (Å²) in [6.07, 6.45) is 0. The van der Waals surface area contributed by atoms with Crippen molar-refractivity contribution >= 4 is 56.4 Å². The largest absolute Gasteiger partial charge is 0.308 e. The van der Waals surface area contributed by atoms with Crippen LogP contribution in [0.5, 0.6) is 0 Å². The van der Waals surface area contributed by atoms with Crippen molar-refractivity contribution in [2.75, 3.05) is 0 Å². The van der Waals surface area contributed by atoms with Crippen molar-refractivity contribution < 1.29 is 8.42 Å². The van der Waals surface area contributed by atoms with Crippen LogP contribution < -0.4 is 0 Å². The smallest absolute Gasteiger partial charge is 0.191 e. The minimum atomic E-state index is -3.52. The van der Waals surface area contributed by atoms with Gasteiger partial charge in [-0.3, -0.25) is 0 Å². The van der Waals surface area contributed by atoms with Crippen LogP contribution in [0.2, 0.25) is 15.1 Å². The molecule has 1 aromatic heterocycles. The quantitative estimate of drug-likeness (QED) is 0.354. The van der Waals surface area contributed by atoms with E-state index in [1.165, 1.54) is 11.8 Å². The van der Waals surface area contributed by atoms with Crippen molar-refractivity contribution in [1.82, 2.24) is 14.8 Å². The van der Waals surface area contributed by atoms with Gasteiger partial charge in [0.25, 0.3) is 0 Å². The van der Waals surface area contributed by atoms with Gasteiger partial charge in [0, 0.05) is 23.4 Å². The third-order valence-electron chi connectivity index (χ3n) is 4.11. The second-order valence-corrected chi connectivity index (χ2v) is 10.3. The summed E-state index contributed by atoms with van der Waals surface area (Å²) in [5.41, 5.74) is 1.69. The number of nitrogens with zero attached hydrogens (tertiary/aromatic N) is 3. The molecule has 0 aliphatic heterocycles. The molecule has 0 spiro atoms. The minimum absolute atomic E-state index is 0.237. The minimum Gasteiger partial charge on any atom is -0.308 e. The fourth-order valence-corrected chi connectivity index (χ4v) is 5.55. The van der Waals surface area contributed by atoms with E-state index in [2.05, 4.69) is 10.2 Å². The van der Waals surface area contributed by atoms with Gasteiger partial charge >= 0.3 is 0 Å². The van der Waals surface area contributed by atoms with Crippen LogP contribution in [0.4, 0.5) is 0 Å². The molecule has 0 radical (unpaired) electrons. The first-order valence-electron chi connectivity index (χ1n) is 8.12. The van der Waals surface area contributed by atoms with Gasteiger partial charge in [0.05, 0.1) is 14.9 Å². The zero-order chi connectivity index (χ0) is 20.5. The molecule has 28 heavy (non-hydrogen) atoms. The predicted molar refractivity (Wildman–Crippen MR) is 114 cm³/mol. The Hall–Kier alpha value is -1.25. The van der Waals surface area contributed by atoms with Crippen molar-refractivity contribution in [3.8, 4) is 0 Å². The lowest BCUT2D eigenvalue weighted by molar-refractivity contribution is 0.591. The maximum absolute atomic E-state index is 12.6. The van der Waals surface area contributed by atoms with Crippen molar-refractivity contribution in [2.45, 2.75) is 28.5 Å². The second-order valence-electron chi connectivity index (χ2n) is 6.14. The second kappa shape index (κ2) is 8.63. The third-order valence-corrected chi connectivity index (χ3v) is 7.98. The molecule has 0 saturated carbocycles. The van der Waals surface area contributed by atoms with E-state index in [0.29, 0.717) is 37.4 Å². The Balaban J connectivity index is 1.77. The van der Waals surface area contributed by atoms with E-state index in [4.69, 9.17) is 34.8 Å². The van der Waals surface area contributed by atoms with Crippen LogP contribution in [0.1, 0.15) is 17.0 Å². The molecular weight excluding hydrogens is 461 g/mol. The average Bonchev–Trinajstić information content (AvgIpc) is 2.98. The third kappa shape index (κ3) is 4.66. The van der Waals surface area contributed by atoms with Gasteiger partial charge in [0.1, 0.15) is 11.6 Å². The number of sulfone groups is 1. The zero-order valence-corrected chi connectivity index (χ0v) is 18.9. The van der Waals surface area contributed by atoms with Gasteiger partial charge in [-0.1, -0.05) is 64.3 Å². The molecular formula is C18H16Cl3N3O2S2. The van der Waals surface area contributed by atoms with Crippen molar-refractivity contribution in [1.29, 1.82) is 0 Å². The molecule has 0 aliphatic rings. The lowest BCUT2D eigenvalue weighted by atomic mass is 10.2. The number of hydrogen-bond donors (Lipinski definition) is 0. The predicted octanol–water partition coefficient (Wildman–Crippen LogP) is 5.35. The van der Waals surface area contributed by atoms with Crippen molar-refractivity contribution in [3.05, 3.63) is 68.4 Å². The molecule has 0 aliphatic carbocycles. The Morgan fingerprint density at radius 2 is 1.64 bits per heavy atom. The van der Waals surface area contributed by atoms with E-state index >= 15 is 0 Å². The van der Waals surface area contributed by atoms with Crippen LogP contribution in [-0.2, 0) is 28.4 Å². The Morgan fingerprint density at radius 3 is 2.32 bits per heavy atom. The molecule has 3 aromatic rings. The fourth-order valence-electron chi connectivity index (χ4n) is 2.43. The van der Waals surface area contributed by atoms with Gasteiger partial charge in [0.15, 0.2) is 15.0 Å². The van der Waals surface area contributed by atoms with Gasteiger partial charge in [-0.25, -0.2) is 8.42 Å². The SMILES string of the molecule is Cc1ccc(S(=O)(=O)Cc2nnc(SCc3c(Cl)ccc(Cl)c3Cl)n2C)cc1. The van der Waals surface area contributed by atoms with Crippen LogP contribution in [0.3, 0.4) is 0 Å². The van der Waals surface area contributed by atoms with Gasteiger partial charge in [-0.15, -0.1) is 10.2 Å². The van der Waals surface area contributed by atoms with E-state index < -0.39 is 9.84 Å². The van der Waals surface area contributed by atoms with Gasteiger partial charge < -0.3 is 4.57 Å². The van der Waals surface area contributed by atoms with Crippen LogP contribution in [0, 0.1) is 6.92 Å². The summed E-state index contributed by atoms with van der Waals surface area (Å²) in [4.78, 5) is 0.257. The number of rotatable bonds is 6. The summed E-state index contributed by atoms with van der Waals surface area (Å²) >= 11 is 19.8. The highest BCUT2D eigenvalue weighted by molar-refractivity contribution is 7.98. The molecule has 0 atom stereocenters. The van der Waals surface area contributed by atoms with Gasteiger partial charge in [0.2, 0.25) is 0 Å². The molecule has 2 aromatic carbocycles. The first-order chi connectivity index (χ1) is 13.2. The van der Waals surface area contributed by atoms with Crippen molar-refractivity contribution in [3.63, 3.8) is 0 Å². The molecule has 148 valence electrons. The molecule has 1 heterocycles. The standard InChI is InChI=1S/C18H16Cl3N3O2S2/c1-11-3-5-12(6-4-11)28(25,26)10-16-22-23-18(24(16)2)27-9-13-14(19)7-8-15(20)17(13)21/h3-8H,9-10H2,1-2H3. The first-order valence-corrected chi connectivity index (χ1v) is 11.9. The molecule has 10 heteroatoms. The Labute approximate surface area is 182 Å². The van der Waals surface area contributed by atoms with Crippen LogP contribution in [0.15, 0.2) is 46.5 Å². The normalized spacial score (nSPS) is 11.8. The summed E-state index contributed by atoms with van der Waals surface area (Å²) in [6, 6.07) is 10.0. The number of benzene rings is 2. The van der Waals surface area contributed by atoms with Gasteiger partial charge in [-0.05, 0) is 31.2 Å². The van der Waals surface area contributed by atoms with Gasteiger partial charge in [-0.2, -0.15) is 0 Å². The number of halogens is 3. The number of hydrogen-bond acceptors (Lipinski definition) is 5. The van der Waals surface area contributed by atoms with E-state index in [1.807, 2.05) is 6.92 Å². The van der Waals surface area contributed by atoms with E-state index in [9.17, 15) is 8.42 Å². The lowest BCUT2D eigenvalue weighted by Gasteiger charge is -2.08. The summed E-state index contributed by atoms with van der Waals surface area (Å²) in [6.45, 7) is 1.90. The monoisotopic (exact) mass is 475 g/mol. The number of thioether (sulfide) groups is 1. The average molecular weight is 477 g/mol. The molecule has 0 N–H and O–H groups in total. The summed E-state index contributed by atoms with van der Waals surface area (Å²) in [7, 11) is -1.79. The molecule has 5 nitrogen and oxygen atoms in total. The highest BCUT2D eigenvalue weighted by Crippen LogP contribution is 2.35. The summed E-state index contributed by atoms with van der Waals surface area (Å²) in [5.74, 6) is 0.541. The maximum Gasteiger partial charge on any atom is 0.191 e. The van der Waals surface area contributed by atoms with Crippen molar-refractivity contribution in [2.24, 2.45) is 7.05 Å². The highest BCUT2D eigenvalue weighted by atomic mass is 35.5. The summed E-state index contributed by atoms with van der Waals surface area (Å²) < 4.78 is 26.9. The maximum atomic E-state index is 12.6. The Kier molecular flexibility index (Phi) is 6.61. The number of aromatic nitrogens is 3. The molecule has 0 amide bonds. The Bertz CT molecular complexity index is 1110. The molecule has 0 unspecified atom stereocenters. The van der Waals surface area contributed by atoms with E-state index in [1.54, 1.807) is 48.0 Å². The number of aryl methyl sites for hydroxylation is 1.